The molecule has 4 aromatic rings. The van der Waals surface area contributed by atoms with Gasteiger partial charge in [0.1, 0.15) is 41.3 Å². The first-order chi connectivity index (χ1) is 21.5. The van der Waals surface area contributed by atoms with E-state index in [1.54, 1.807) is 13.0 Å². The molecule has 4 saturated heterocycles. The zero-order valence-electron chi connectivity index (χ0n) is 24.6. The van der Waals surface area contributed by atoms with Gasteiger partial charge in [0.2, 0.25) is 0 Å². The summed E-state index contributed by atoms with van der Waals surface area (Å²) in [6.45, 7) is 4.05. The summed E-state index contributed by atoms with van der Waals surface area (Å²) in [7, 11) is 0. The quantitative estimate of drug-likeness (QED) is 0.282. The zero-order valence-corrected chi connectivity index (χ0v) is 24.6. The number of halogens is 5. The largest absolute Gasteiger partial charge is 0.461 e. The monoisotopic (exact) mass is 629 g/mol. The fraction of sp³-hybridized carbons (Fsp3) is 0.516. The van der Waals surface area contributed by atoms with E-state index in [0.717, 1.165) is 44.4 Å². The number of anilines is 2. The summed E-state index contributed by atoms with van der Waals surface area (Å²) < 4.78 is 86.2. The van der Waals surface area contributed by atoms with E-state index < -0.39 is 40.5 Å². The van der Waals surface area contributed by atoms with Crippen LogP contribution in [0.2, 0.25) is 0 Å². The minimum Gasteiger partial charge on any atom is -0.461 e. The van der Waals surface area contributed by atoms with Crippen molar-refractivity contribution in [2.75, 3.05) is 43.4 Å². The molecule has 0 spiro atoms. The Morgan fingerprint density at radius 2 is 1.91 bits per heavy atom. The van der Waals surface area contributed by atoms with Crippen LogP contribution in [0.5, 0.6) is 6.01 Å². The fourth-order valence-electron chi connectivity index (χ4n) is 7.96. The van der Waals surface area contributed by atoms with Gasteiger partial charge >= 0.3 is 12.2 Å². The van der Waals surface area contributed by atoms with E-state index in [9.17, 15) is 17.6 Å². The van der Waals surface area contributed by atoms with Crippen molar-refractivity contribution in [3.05, 3.63) is 35.3 Å². The van der Waals surface area contributed by atoms with Gasteiger partial charge in [0.15, 0.2) is 5.82 Å². The fourth-order valence-corrected chi connectivity index (χ4v) is 7.96. The number of hydrogen-bond acceptors (Lipinski definition) is 9. The minimum atomic E-state index is -4.85. The molecule has 2 bridgehead atoms. The summed E-state index contributed by atoms with van der Waals surface area (Å²) in [5, 5.41) is 4.26. The van der Waals surface area contributed by atoms with Gasteiger partial charge in [0.05, 0.1) is 27.7 Å². The van der Waals surface area contributed by atoms with Crippen molar-refractivity contribution >= 4 is 33.5 Å². The van der Waals surface area contributed by atoms with E-state index >= 15 is 4.39 Å². The molecule has 4 atom stereocenters. The Morgan fingerprint density at radius 3 is 2.67 bits per heavy atom. The molecule has 0 amide bonds. The number of nitrogens with one attached hydrogen (secondary N) is 1. The molecule has 0 saturated carbocycles. The average molecular weight is 630 g/mol. The first-order valence-electron chi connectivity index (χ1n) is 15.3. The third kappa shape index (κ3) is 4.67. The predicted molar refractivity (Wildman–Crippen MR) is 157 cm³/mol. The lowest BCUT2D eigenvalue weighted by Crippen LogP contribution is -2.51. The van der Waals surface area contributed by atoms with Crippen LogP contribution in [-0.2, 0) is 6.18 Å². The SMILES string of the molecule is Cc1cc2c(o1)c(-c1nc(N)ccc1C(F)(F)F)c(F)c1nc(OC[C@@]34CCCN3C[C@H](F)C4)nc(N3C[C@H]4CC[C@@H](C3)N4)c12. The van der Waals surface area contributed by atoms with Crippen molar-refractivity contribution in [1.82, 2.24) is 25.2 Å². The van der Waals surface area contributed by atoms with E-state index in [1.165, 1.54) is 0 Å². The lowest BCUT2D eigenvalue weighted by Gasteiger charge is -2.35. The summed E-state index contributed by atoms with van der Waals surface area (Å²) >= 11 is 0. The first-order valence-corrected chi connectivity index (χ1v) is 15.3. The number of fused-ring (bicyclic) bond motifs is 6. The van der Waals surface area contributed by atoms with Gasteiger partial charge in [0.25, 0.3) is 0 Å². The molecule has 3 N–H and O–H groups in total. The molecule has 0 aliphatic carbocycles. The Kier molecular flexibility index (Phi) is 6.44. The van der Waals surface area contributed by atoms with Crippen LogP contribution in [-0.4, -0.2) is 76.4 Å². The number of alkyl halides is 4. The summed E-state index contributed by atoms with van der Waals surface area (Å²) in [4.78, 5) is 17.4. The number of nitrogens with zero attached hydrogens (tertiary/aromatic N) is 5. The van der Waals surface area contributed by atoms with Crippen LogP contribution in [0.4, 0.5) is 33.6 Å². The zero-order chi connectivity index (χ0) is 31.2. The summed E-state index contributed by atoms with van der Waals surface area (Å²) in [6.07, 6.45) is -1.86. The second-order valence-electron chi connectivity index (χ2n) is 12.9. The maximum atomic E-state index is 17.0. The Balaban J connectivity index is 1.35. The number of pyridine rings is 1. The minimum absolute atomic E-state index is 0.0989. The standard InChI is InChI=1S/C31H32F5N7O2/c1-15-9-19-22-26(24(33)23(27(19)45-15)25-20(31(34,35)36)5-6-21(37)39-25)40-29(41-28(22)42-12-17-3-4-18(13-42)38-17)44-14-30-7-2-8-43(30)11-16(32)10-30/h5-6,9,16-18,38H,2-4,7-8,10-14H2,1H3,(H2,37,39)/t16-,17-,18+,30+/m1/s1. The number of nitrogens with two attached hydrogens (primary N) is 1. The third-order valence-corrected chi connectivity index (χ3v) is 9.85. The summed E-state index contributed by atoms with van der Waals surface area (Å²) in [5.41, 5.74) is 2.68. The van der Waals surface area contributed by atoms with Crippen molar-refractivity contribution in [2.24, 2.45) is 0 Å². The van der Waals surface area contributed by atoms with Crippen LogP contribution in [0.25, 0.3) is 33.1 Å². The van der Waals surface area contributed by atoms with Gasteiger partial charge < -0.3 is 25.1 Å². The molecule has 4 fully saturated rings. The molecule has 4 aliphatic rings. The number of benzene rings is 1. The predicted octanol–water partition coefficient (Wildman–Crippen LogP) is 5.38. The van der Waals surface area contributed by atoms with E-state index in [4.69, 9.17) is 19.9 Å². The van der Waals surface area contributed by atoms with Gasteiger partial charge in [-0.15, -0.1) is 0 Å². The Bertz CT molecular complexity index is 1820. The van der Waals surface area contributed by atoms with E-state index in [-0.39, 0.29) is 41.6 Å². The number of aromatic nitrogens is 3. The molecule has 0 radical (unpaired) electrons. The van der Waals surface area contributed by atoms with Crippen LogP contribution >= 0.6 is 0 Å². The molecule has 4 aliphatic heterocycles. The maximum absolute atomic E-state index is 17.0. The topological polar surface area (TPSA) is 106 Å². The van der Waals surface area contributed by atoms with Gasteiger partial charge in [0, 0.05) is 43.5 Å². The van der Waals surface area contributed by atoms with E-state index in [2.05, 4.69) is 25.1 Å². The van der Waals surface area contributed by atoms with Crippen LogP contribution in [0, 0.1) is 12.7 Å². The third-order valence-electron chi connectivity index (χ3n) is 9.85. The van der Waals surface area contributed by atoms with Gasteiger partial charge in [-0.25, -0.2) is 13.8 Å². The molecular weight excluding hydrogens is 597 g/mol. The van der Waals surface area contributed by atoms with Crippen molar-refractivity contribution in [3.63, 3.8) is 0 Å². The van der Waals surface area contributed by atoms with Crippen molar-refractivity contribution in [1.29, 1.82) is 0 Å². The Hall–Kier alpha value is -3.78. The first kappa shape index (κ1) is 28.7. The lowest BCUT2D eigenvalue weighted by atomic mass is 9.95. The van der Waals surface area contributed by atoms with Crippen molar-refractivity contribution < 1.29 is 31.1 Å². The molecule has 1 aromatic carbocycles. The van der Waals surface area contributed by atoms with Crippen molar-refractivity contribution in [2.45, 2.75) is 69.0 Å². The van der Waals surface area contributed by atoms with Gasteiger partial charge in [-0.1, -0.05) is 0 Å². The van der Waals surface area contributed by atoms with Crippen LogP contribution < -0.4 is 20.7 Å². The van der Waals surface area contributed by atoms with Crippen LogP contribution in [0.1, 0.15) is 43.4 Å². The molecule has 45 heavy (non-hydrogen) atoms. The van der Waals surface area contributed by atoms with Crippen LogP contribution in [0.15, 0.2) is 22.6 Å². The number of nitrogen functional groups attached to an aromatic ring is 1. The molecule has 8 rings (SSSR count). The van der Waals surface area contributed by atoms with Gasteiger partial charge in [-0.05, 0) is 57.4 Å². The Labute approximate surface area is 254 Å². The average Bonchev–Trinajstić information content (AvgIpc) is 3.72. The van der Waals surface area contributed by atoms with E-state index in [1.807, 2.05) is 0 Å². The lowest BCUT2D eigenvalue weighted by molar-refractivity contribution is -0.137. The maximum Gasteiger partial charge on any atom is 0.418 e. The van der Waals surface area contributed by atoms with Crippen molar-refractivity contribution in [3.8, 4) is 17.3 Å². The summed E-state index contributed by atoms with van der Waals surface area (Å²) in [6, 6.07) is 3.76. The highest BCUT2D eigenvalue weighted by molar-refractivity contribution is 6.15. The normalized spacial score (nSPS) is 26.8. The highest BCUT2D eigenvalue weighted by Crippen LogP contribution is 2.46. The second-order valence-corrected chi connectivity index (χ2v) is 12.9. The molecule has 0 unspecified atom stereocenters. The molecule has 238 valence electrons. The number of rotatable bonds is 5. The number of hydrogen-bond donors (Lipinski definition) is 2. The Morgan fingerprint density at radius 1 is 1.13 bits per heavy atom. The molecule has 3 aromatic heterocycles. The molecule has 14 heteroatoms. The number of ether oxygens (including phenoxy) is 1. The number of piperazine rings is 1. The van der Waals surface area contributed by atoms with Gasteiger partial charge in [-0.3, -0.25) is 4.90 Å². The van der Waals surface area contributed by atoms with E-state index in [0.29, 0.717) is 48.4 Å². The van der Waals surface area contributed by atoms with Crippen LogP contribution in [0.3, 0.4) is 0 Å². The number of aryl methyl sites for hydroxylation is 1. The molecule has 9 nitrogen and oxygen atoms in total. The smallest absolute Gasteiger partial charge is 0.418 e. The van der Waals surface area contributed by atoms with Gasteiger partial charge in [-0.2, -0.15) is 23.1 Å². The molecular formula is C31H32F5N7O2. The highest BCUT2D eigenvalue weighted by Gasteiger charge is 2.49. The molecule has 7 heterocycles. The highest BCUT2D eigenvalue weighted by atomic mass is 19.4. The second kappa shape index (κ2) is 10.1. The number of furan rings is 1. The summed E-state index contributed by atoms with van der Waals surface area (Å²) in [5.74, 6) is -0.477.